The van der Waals surface area contributed by atoms with Crippen LogP contribution in [0.4, 0.5) is 0 Å². The Labute approximate surface area is 136 Å². The Morgan fingerprint density at radius 2 is 2.00 bits per heavy atom. The van der Waals surface area contributed by atoms with Crippen molar-refractivity contribution in [3.05, 3.63) is 65.9 Å². The van der Waals surface area contributed by atoms with Crippen LogP contribution in [0, 0.1) is 6.92 Å². The fraction of sp³-hybridized carbons (Fsp3) is 0.263. The van der Waals surface area contributed by atoms with Gasteiger partial charge in [-0.2, -0.15) is 5.10 Å². The van der Waals surface area contributed by atoms with E-state index in [2.05, 4.69) is 35.5 Å². The summed E-state index contributed by atoms with van der Waals surface area (Å²) in [5.41, 5.74) is 3.40. The number of nitrogens with one attached hydrogen (secondary N) is 1. The van der Waals surface area contributed by atoms with Crippen LogP contribution in [0.25, 0.3) is 10.9 Å². The summed E-state index contributed by atoms with van der Waals surface area (Å²) < 4.78 is 1.89. The molecule has 0 saturated heterocycles. The maximum Gasteiger partial charge on any atom is 0.222 e. The number of hydrogen-bond acceptors (Lipinski definition) is 2. The lowest BCUT2D eigenvalue weighted by molar-refractivity contribution is -0.122. The average molecular weight is 307 g/mol. The molecule has 1 atom stereocenters. The summed E-state index contributed by atoms with van der Waals surface area (Å²) >= 11 is 0. The smallest absolute Gasteiger partial charge is 0.222 e. The third-order valence-electron chi connectivity index (χ3n) is 4.03. The van der Waals surface area contributed by atoms with E-state index in [1.54, 1.807) is 0 Å². The van der Waals surface area contributed by atoms with Gasteiger partial charge in [-0.25, -0.2) is 0 Å². The van der Waals surface area contributed by atoms with Crippen molar-refractivity contribution in [1.29, 1.82) is 0 Å². The summed E-state index contributed by atoms with van der Waals surface area (Å²) in [5.74, 6) is 0.0390. The second-order valence-corrected chi connectivity index (χ2v) is 5.88. The predicted octanol–water partition coefficient (Wildman–Crippen LogP) is 3.61. The number of carbonyl (C=O) groups excluding carboxylic acids is 1. The quantitative estimate of drug-likeness (QED) is 0.782. The van der Waals surface area contributed by atoms with E-state index in [1.165, 1.54) is 5.56 Å². The minimum absolute atomic E-state index is 0.0146. The maximum atomic E-state index is 12.2. The predicted molar refractivity (Wildman–Crippen MR) is 92.1 cm³/mol. The third-order valence-corrected chi connectivity index (χ3v) is 4.03. The van der Waals surface area contributed by atoms with Crippen molar-refractivity contribution in [3.63, 3.8) is 0 Å². The van der Waals surface area contributed by atoms with Gasteiger partial charge in [0, 0.05) is 11.8 Å². The summed E-state index contributed by atoms with van der Waals surface area (Å²) in [6.07, 6.45) is 2.27. The lowest BCUT2D eigenvalue weighted by Gasteiger charge is -2.14. The van der Waals surface area contributed by atoms with Crippen LogP contribution in [0.5, 0.6) is 0 Å². The highest BCUT2D eigenvalue weighted by molar-refractivity contribution is 5.80. The maximum absolute atomic E-state index is 12.2. The zero-order valence-corrected chi connectivity index (χ0v) is 13.5. The van der Waals surface area contributed by atoms with Crippen LogP contribution in [0.15, 0.2) is 54.7 Å². The zero-order valence-electron chi connectivity index (χ0n) is 13.5. The van der Waals surface area contributed by atoms with Crippen molar-refractivity contribution < 1.29 is 4.79 Å². The molecule has 118 valence electrons. The van der Waals surface area contributed by atoms with Crippen LogP contribution in [0.1, 0.15) is 30.5 Å². The summed E-state index contributed by atoms with van der Waals surface area (Å²) in [7, 11) is 0. The van der Waals surface area contributed by atoms with E-state index in [9.17, 15) is 4.79 Å². The molecular weight excluding hydrogens is 286 g/mol. The molecule has 0 aliphatic rings. The summed E-state index contributed by atoms with van der Waals surface area (Å²) in [4.78, 5) is 12.2. The molecule has 1 unspecified atom stereocenters. The second kappa shape index (κ2) is 6.65. The molecule has 0 fully saturated rings. The van der Waals surface area contributed by atoms with E-state index < -0.39 is 0 Å². The first-order valence-corrected chi connectivity index (χ1v) is 7.90. The Balaban J connectivity index is 1.60. The van der Waals surface area contributed by atoms with E-state index >= 15 is 0 Å². The van der Waals surface area contributed by atoms with Gasteiger partial charge in [0.2, 0.25) is 5.91 Å². The van der Waals surface area contributed by atoms with E-state index in [4.69, 9.17) is 0 Å². The Kier molecular flexibility index (Phi) is 4.42. The molecule has 1 aromatic heterocycles. The monoisotopic (exact) mass is 307 g/mol. The molecular formula is C19H21N3O. The van der Waals surface area contributed by atoms with E-state index in [0.29, 0.717) is 13.0 Å². The van der Waals surface area contributed by atoms with Crippen molar-refractivity contribution in [2.24, 2.45) is 0 Å². The van der Waals surface area contributed by atoms with Gasteiger partial charge in [-0.05, 0) is 31.5 Å². The topological polar surface area (TPSA) is 46.9 Å². The number of aromatic nitrogens is 2. The van der Waals surface area contributed by atoms with E-state index in [0.717, 1.165) is 16.5 Å². The number of aryl methyl sites for hydroxylation is 2. The summed E-state index contributed by atoms with van der Waals surface area (Å²) in [6, 6.07) is 16.2. The van der Waals surface area contributed by atoms with Gasteiger partial charge in [0.1, 0.15) is 0 Å². The van der Waals surface area contributed by atoms with Gasteiger partial charge in [0.25, 0.3) is 0 Å². The van der Waals surface area contributed by atoms with Gasteiger partial charge in [-0.15, -0.1) is 0 Å². The molecule has 0 bridgehead atoms. The molecule has 3 aromatic rings. The van der Waals surface area contributed by atoms with Gasteiger partial charge in [0.05, 0.1) is 24.3 Å². The minimum Gasteiger partial charge on any atom is -0.350 e. The van der Waals surface area contributed by atoms with E-state index in [-0.39, 0.29) is 11.9 Å². The molecule has 4 heteroatoms. The molecule has 0 radical (unpaired) electrons. The molecule has 23 heavy (non-hydrogen) atoms. The highest BCUT2D eigenvalue weighted by Crippen LogP contribution is 2.16. The third kappa shape index (κ3) is 3.59. The summed E-state index contributed by atoms with van der Waals surface area (Å²) in [6.45, 7) is 4.65. The van der Waals surface area contributed by atoms with Crippen LogP contribution in [-0.2, 0) is 11.3 Å². The van der Waals surface area contributed by atoms with Crippen molar-refractivity contribution in [2.45, 2.75) is 32.9 Å². The zero-order chi connectivity index (χ0) is 16.2. The molecule has 1 heterocycles. The number of amides is 1. The number of rotatable bonds is 5. The van der Waals surface area contributed by atoms with Crippen molar-refractivity contribution in [3.8, 4) is 0 Å². The highest BCUT2D eigenvalue weighted by Gasteiger charge is 2.10. The molecule has 0 aliphatic heterocycles. The SMILES string of the molecule is Cc1ccc2c(cnn2CCC(=O)NC(C)c2ccccc2)c1. The lowest BCUT2D eigenvalue weighted by Crippen LogP contribution is -2.27. The van der Waals surface area contributed by atoms with Crippen LogP contribution >= 0.6 is 0 Å². The Morgan fingerprint density at radius 1 is 1.22 bits per heavy atom. The normalized spacial score (nSPS) is 12.3. The van der Waals surface area contributed by atoms with Gasteiger partial charge in [-0.3, -0.25) is 9.48 Å². The number of nitrogens with zero attached hydrogens (tertiary/aromatic N) is 2. The molecule has 1 amide bonds. The van der Waals surface area contributed by atoms with Crippen molar-refractivity contribution in [1.82, 2.24) is 15.1 Å². The number of fused-ring (bicyclic) bond motifs is 1. The minimum atomic E-state index is 0.0146. The van der Waals surface area contributed by atoms with E-state index in [1.807, 2.05) is 48.1 Å². The molecule has 0 aliphatic carbocycles. The molecule has 3 rings (SSSR count). The van der Waals surface area contributed by atoms with Gasteiger partial charge in [-0.1, -0.05) is 42.0 Å². The summed E-state index contributed by atoms with van der Waals surface area (Å²) in [5, 5.41) is 8.53. The fourth-order valence-corrected chi connectivity index (χ4v) is 2.73. The largest absolute Gasteiger partial charge is 0.350 e. The number of benzene rings is 2. The van der Waals surface area contributed by atoms with Gasteiger partial charge < -0.3 is 5.32 Å². The van der Waals surface area contributed by atoms with Crippen LogP contribution in [-0.4, -0.2) is 15.7 Å². The Hall–Kier alpha value is -2.62. The number of carbonyl (C=O) groups is 1. The van der Waals surface area contributed by atoms with Gasteiger partial charge in [0.15, 0.2) is 0 Å². The average Bonchev–Trinajstić information content (AvgIpc) is 2.95. The molecule has 2 aromatic carbocycles. The van der Waals surface area contributed by atoms with Crippen molar-refractivity contribution >= 4 is 16.8 Å². The van der Waals surface area contributed by atoms with Crippen molar-refractivity contribution in [2.75, 3.05) is 0 Å². The molecule has 1 N–H and O–H groups in total. The van der Waals surface area contributed by atoms with Gasteiger partial charge >= 0.3 is 0 Å². The first kappa shape index (κ1) is 15.3. The Bertz CT molecular complexity index is 808. The van der Waals surface area contributed by atoms with Crippen LogP contribution in [0.2, 0.25) is 0 Å². The lowest BCUT2D eigenvalue weighted by atomic mass is 10.1. The standard InChI is InChI=1S/C19H21N3O/c1-14-8-9-18-17(12-14)13-20-22(18)11-10-19(23)21-15(2)16-6-4-3-5-7-16/h3-9,12-13,15H,10-11H2,1-2H3,(H,21,23). The first-order chi connectivity index (χ1) is 11.1. The fourth-order valence-electron chi connectivity index (χ4n) is 2.73. The number of hydrogen-bond donors (Lipinski definition) is 1. The van der Waals surface area contributed by atoms with Crippen LogP contribution < -0.4 is 5.32 Å². The molecule has 0 spiro atoms. The first-order valence-electron chi connectivity index (χ1n) is 7.90. The highest BCUT2D eigenvalue weighted by atomic mass is 16.1. The Morgan fingerprint density at radius 3 is 2.78 bits per heavy atom. The van der Waals surface area contributed by atoms with Crippen LogP contribution in [0.3, 0.4) is 0 Å². The molecule has 0 saturated carbocycles. The second-order valence-electron chi connectivity index (χ2n) is 5.88. The molecule has 4 nitrogen and oxygen atoms in total.